The van der Waals surface area contributed by atoms with Crippen molar-refractivity contribution in [3.63, 3.8) is 0 Å². The number of carbonyl (C=O) groups excluding carboxylic acids is 1. The Morgan fingerprint density at radius 2 is 2.06 bits per heavy atom. The van der Waals surface area contributed by atoms with Crippen LogP contribution in [0, 0.1) is 11.8 Å². The fourth-order valence-electron chi connectivity index (χ4n) is 1.49. The summed E-state index contributed by atoms with van der Waals surface area (Å²) in [7, 11) is 0. The zero-order valence-electron chi connectivity index (χ0n) is 9.68. The van der Waals surface area contributed by atoms with E-state index in [1.165, 1.54) is 6.33 Å². The van der Waals surface area contributed by atoms with Crippen LogP contribution >= 0.6 is 0 Å². The number of anilines is 1. The molecule has 5 nitrogen and oxygen atoms in total. The molecule has 1 rings (SSSR count). The number of carbonyl (C=O) groups is 1. The molecule has 0 aliphatic rings. The molecule has 1 heterocycles. The number of nitrogens with zero attached hydrogens (tertiary/aromatic N) is 2. The largest absolute Gasteiger partial charge is 0.330 e. The van der Waals surface area contributed by atoms with Crippen molar-refractivity contribution < 1.29 is 4.79 Å². The normalized spacial score (nSPS) is 12.5. The van der Waals surface area contributed by atoms with Gasteiger partial charge in [0.05, 0.1) is 24.0 Å². The predicted molar refractivity (Wildman–Crippen MR) is 62.7 cm³/mol. The number of hydrogen-bond donors (Lipinski definition) is 2. The second-order valence-corrected chi connectivity index (χ2v) is 4.18. The van der Waals surface area contributed by atoms with Gasteiger partial charge >= 0.3 is 0 Å². The average molecular weight is 222 g/mol. The number of hydrogen-bond acceptors (Lipinski definition) is 4. The highest BCUT2D eigenvalue weighted by Gasteiger charge is 2.18. The van der Waals surface area contributed by atoms with Gasteiger partial charge < -0.3 is 11.1 Å². The highest BCUT2D eigenvalue weighted by Crippen LogP contribution is 2.13. The first-order chi connectivity index (χ1) is 7.63. The zero-order chi connectivity index (χ0) is 12.0. The Morgan fingerprint density at radius 3 is 2.56 bits per heavy atom. The summed E-state index contributed by atoms with van der Waals surface area (Å²) < 4.78 is 0. The van der Waals surface area contributed by atoms with E-state index in [2.05, 4.69) is 29.1 Å². The average Bonchev–Trinajstić information content (AvgIpc) is 2.26. The van der Waals surface area contributed by atoms with E-state index in [-0.39, 0.29) is 11.8 Å². The Morgan fingerprint density at radius 1 is 1.44 bits per heavy atom. The topological polar surface area (TPSA) is 80.9 Å². The molecule has 3 N–H and O–H groups in total. The van der Waals surface area contributed by atoms with Gasteiger partial charge in [-0.3, -0.25) is 4.79 Å². The second kappa shape index (κ2) is 6.17. The highest BCUT2D eigenvalue weighted by molar-refractivity contribution is 5.92. The van der Waals surface area contributed by atoms with Crippen LogP contribution in [0.15, 0.2) is 18.7 Å². The van der Waals surface area contributed by atoms with E-state index in [0.717, 1.165) is 6.42 Å². The predicted octanol–water partition coefficient (Wildman–Crippen LogP) is 1.04. The summed E-state index contributed by atoms with van der Waals surface area (Å²) in [5.41, 5.74) is 6.19. The van der Waals surface area contributed by atoms with Crippen LogP contribution in [0.1, 0.15) is 20.3 Å². The summed E-state index contributed by atoms with van der Waals surface area (Å²) in [5.74, 6) is 0.234. The number of rotatable bonds is 5. The highest BCUT2D eigenvalue weighted by atomic mass is 16.1. The third kappa shape index (κ3) is 3.94. The lowest BCUT2D eigenvalue weighted by atomic mass is 9.96. The number of nitrogens with two attached hydrogens (primary N) is 1. The van der Waals surface area contributed by atoms with Crippen molar-refractivity contribution in [2.75, 3.05) is 11.9 Å². The Bertz CT molecular complexity index is 326. The van der Waals surface area contributed by atoms with Gasteiger partial charge in [0.2, 0.25) is 5.91 Å². The fourth-order valence-corrected chi connectivity index (χ4v) is 1.49. The van der Waals surface area contributed by atoms with Crippen LogP contribution in [0.25, 0.3) is 0 Å². The van der Waals surface area contributed by atoms with Crippen LogP contribution in [0.5, 0.6) is 0 Å². The lowest BCUT2D eigenvalue weighted by Gasteiger charge is -2.16. The molecule has 0 radical (unpaired) electrons. The Labute approximate surface area is 95.5 Å². The van der Waals surface area contributed by atoms with E-state index in [4.69, 9.17) is 5.73 Å². The molecular weight excluding hydrogens is 204 g/mol. The van der Waals surface area contributed by atoms with E-state index in [1.807, 2.05) is 0 Å². The summed E-state index contributed by atoms with van der Waals surface area (Å²) in [4.78, 5) is 19.5. The lowest BCUT2D eigenvalue weighted by molar-refractivity contribution is -0.120. The van der Waals surface area contributed by atoms with Crippen molar-refractivity contribution in [1.29, 1.82) is 0 Å². The van der Waals surface area contributed by atoms with Gasteiger partial charge in [-0.25, -0.2) is 9.97 Å². The van der Waals surface area contributed by atoms with Gasteiger partial charge in [-0.15, -0.1) is 0 Å². The summed E-state index contributed by atoms with van der Waals surface area (Å²) in [5, 5.41) is 2.75. The van der Waals surface area contributed by atoms with Crippen molar-refractivity contribution in [1.82, 2.24) is 9.97 Å². The number of nitrogens with one attached hydrogen (secondary N) is 1. The minimum absolute atomic E-state index is 0.0639. The van der Waals surface area contributed by atoms with Crippen LogP contribution in [-0.4, -0.2) is 22.4 Å². The molecule has 16 heavy (non-hydrogen) atoms. The van der Waals surface area contributed by atoms with Gasteiger partial charge in [-0.2, -0.15) is 0 Å². The van der Waals surface area contributed by atoms with Gasteiger partial charge in [0.1, 0.15) is 6.33 Å². The first kappa shape index (κ1) is 12.6. The molecule has 1 unspecified atom stereocenters. The second-order valence-electron chi connectivity index (χ2n) is 4.18. The molecule has 0 aromatic carbocycles. The molecule has 0 saturated heterocycles. The molecule has 1 aromatic rings. The smallest absolute Gasteiger partial charge is 0.228 e. The van der Waals surface area contributed by atoms with Crippen LogP contribution < -0.4 is 11.1 Å². The maximum Gasteiger partial charge on any atom is 0.228 e. The molecule has 0 aliphatic heterocycles. The Hall–Kier alpha value is -1.49. The first-order valence-corrected chi connectivity index (χ1v) is 5.39. The molecule has 5 heteroatoms. The monoisotopic (exact) mass is 222 g/mol. The fraction of sp³-hybridized carbons (Fsp3) is 0.545. The summed E-state index contributed by atoms with van der Waals surface area (Å²) >= 11 is 0. The third-order valence-corrected chi connectivity index (χ3v) is 2.24. The molecule has 0 bridgehead atoms. The van der Waals surface area contributed by atoms with E-state index < -0.39 is 0 Å². The number of aromatic nitrogens is 2. The van der Waals surface area contributed by atoms with Crippen LogP contribution in [0.2, 0.25) is 0 Å². The summed E-state index contributed by atoms with van der Waals surface area (Å²) in [6.07, 6.45) is 5.34. The van der Waals surface area contributed by atoms with Crippen LogP contribution in [0.4, 0.5) is 5.69 Å². The third-order valence-electron chi connectivity index (χ3n) is 2.24. The van der Waals surface area contributed by atoms with Gasteiger partial charge in [-0.1, -0.05) is 13.8 Å². The minimum atomic E-state index is -0.153. The minimum Gasteiger partial charge on any atom is -0.330 e. The molecule has 88 valence electrons. The van der Waals surface area contributed by atoms with Crippen molar-refractivity contribution >= 4 is 11.6 Å². The van der Waals surface area contributed by atoms with Crippen LogP contribution in [-0.2, 0) is 4.79 Å². The van der Waals surface area contributed by atoms with Crippen molar-refractivity contribution in [3.8, 4) is 0 Å². The Kier molecular flexibility index (Phi) is 4.85. The van der Waals surface area contributed by atoms with E-state index in [9.17, 15) is 4.79 Å². The standard InChI is InChI=1S/C11H18N4O/c1-8(2)3-9(4-12)11(16)15-10-5-13-7-14-6-10/h5-9H,3-4,12H2,1-2H3,(H,15,16). The molecular formula is C11H18N4O. The van der Waals surface area contributed by atoms with Crippen molar-refractivity contribution in [2.45, 2.75) is 20.3 Å². The maximum absolute atomic E-state index is 11.8. The lowest BCUT2D eigenvalue weighted by Crippen LogP contribution is -2.30. The van der Waals surface area contributed by atoms with Crippen molar-refractivity contribution in [3.05, 3.63) is 18.7 Å². The molecule has 1 amide bonds. The molecule has 0 fully saturated rings. The SMILES string of the molecule is CC(C)CC(CN)C(=O)Nc1cncnc1. The zero-order valence-corrected chi connectivity index (χ0v) is 9.68. The Balaban J connectivity index is 2.56. The summed E-state index contributed by atoms with van der Waals surface area (Å²) in [6, 6.07) is 0. The summed E-state index contributed by atoms with van der Waals surface area (Å²) in [6.45, 7) is 4.50. The van der Waals surface area contributed by atoms with Crippen LogP contribution in [0.3, 0.4) is 0 Å². The molecule has 0 aliphatic carbocycles. The van der Waals surface area contributed by atoms with Gasteiger partial charge in [0.15, 0.2) is 0 Å². The molecule has 1 aromatic heterocycles. The van der Waals surface area contributed by atoms with Gasteiger partial charge in [-0.05, 0) is 12.3 Å². The van der Waals surface area contributed by atoms with E-state index in [1.54, 1.807) is 12.4 Å². The van der Waals surface area contributed by atoms with E-state index >= 15 is 0 Å². The molecule has 0 saturated carbocycles. The van der Waals surface area contributed by atoms with Crippen molar-refractivity contribution in [2.24, 2.45) is 17.6 Å². The number of amides is 1. The molecule has 0 spiro atoms. The van der Waals surface area contributed by atoms with E-state index in [0.29, 0.717) is 18.2 Å². The van der Waals surface area contributed by atoms with Gasteiger partial charge in [0, 0.05) is 6.54 Å². The maximum atomic E-state index is 11.8. The quantitative estimate of drug-likeness (QED) is 0.779. The molecule has 1 atom stereocenters. The van der Waals surface area contributed by atoms with Gasteiger partial charge in [0.25, 0.3) is 0 Å². The first-order valence-electron chi connectivity index (χ1n) is 5.39.